The van der Waals surface area contributed by atoms with Gasteiger partial charge in [-0.05, 0) is 75.6 Å². The van der Waals surface area contributed by atoms with Crippen LogP contribution in [-0.2, 0) is 4.79 Å². The highest BCUT2D eigenvalue weighted by atomic mass is 16.2. The van der Waals surface area contributed by atoms with Crippen LogP contribution < -0.4 is 10.2 Å². The van der Waals surface area contributed by atoms with Crippen LogP contribution in [0.5, 0.6) is 0 Å². The molecule has 1 unspecified atom stereocenters. The Labute approximate surface area is 277 Å². The van der Waals surface area contributed by atoms with E-state index in [0.29, 0.717) is 26.2 Å². The topological polar surface area (TPSA) is 79.4 Å². The molecule has 1 saturated heterocycles. The SMILES string of the molecule is CCCCCN(CCCCC)C(=O)N1CCN(C(=O)N(c2ccccc2)c2cccc(C)c2)C(C(=O)NCCCN(CC)CC)C1. The van der Waals surface area contributed by atoms with Crippen molar-refractivity contribution in [3.8, 4) is 0 Å². The molecular weight excluding hydrogens is 576 g/mol. The lowest BCUT2D eigenvalue weighted by molar-refractivity contribution is -0.127. The fourth-order valence-corrected chi connectivity index (χ4v) is 6.03. The van der Waals surface area contributed by atoms with Crippen molar-refractivity contribution in [3.63, 3.8) is 0 Å². The van der Waals surface area contributed by atoms with Crippen molar-refractivity contribution >= 4 is 29.3 Å². The monoisotopic (exact) mass is 634 g/mol. The molecule has 0 bridgehead atoms. The van der Waals surface area contributed by atoms with E-state index in [2.05, 4.69) is 37.9 Å². The third-order valence-corrected chi connectivity index (χ3v) is 8.84. The molecule has 1 N–H and O–H groups in total. The molecule has 9 heteroatoms. The number of para-hydroxylation sites is 1. The number of hydrogen-bond donors (Lipinski definition) is 1. The van der Waals surface area contributed by atoms with Crippen molar-refractivity contribution < 1.29 is 14.4 Å². The minimum atomic E-state index is -0.803. The highest BCUT2D eigenvalue weighted by molar-refractivity contribution is 6.02. The van der Waals surface area contributed by atoms with Gasteiger partial charge in [0, 0.05) is 32.7 Å². The summed E-state index contributed by atoms with van der Waals surface area (Å²) in [5, 5.41) is 3.11. The second kappa shape index (κ2) is 19.8. The molecule has 1 aliphatic heterocycles. The van der Waals surface area contributed by atoms with E-state index in [1.165, 1.54) is 0 Å². The Kier molecular flexibility index (Phi) is 15.9. The van der Waals surface area contributed by atoms with Crippen LogP contribution in [-0.4, -0.2) is 103 Å². The van der Waals surface area contributed by atoms with Crippen LogP contribution in [0.2, 0.25) is 0 Å². The lowest BCUT2D eigenvalue weighted by atomic mass is 10.1. The molecule has 1 aliphatic rings. The van der Waals surface area contributed by atoms with Crippen molar-refractivity contribution in [2.45, 2.75) is 85.6 Å². The second-order valence-electron chi connectivity index (χ2n) is 12.3. The number of carbonyl (C=O) groups excluding carboxylic acids is 3. The van der Waals surface area contributed by atoms with E-state index in [1.54, 1.807) is 14.7 Å². The molecule has 2 aromatic rings. The molecule has 9 nitrogen and oxygen atoms in total. The molecule has 0 aliphatic carbocycles. The minimum Gasteiger partial charge on any atom is -0.354 e. The van der Waals surface area contributed by atoms with Gasteiger partial charge in [-0.25, -0.2) is 9.59 Å². The Morgan fingerprint density at radius 1 is 0.761 bits per heavy atom. The largest absolute Gasteiger partial charge is 0.354 e. The van der Waals surface area contributed by atoms with Gasteiger partial charge in [-0.1, -0.05) is 83.7 Å². The number of urea groups is 2. The predicted molar refractivity (Wildman–Crippen MR) is 189 cm³/mol. The van der Waals surface area contributed by atoms with Gasteiger partial charge in [0.05, 0.1) is 17.9 Å². The van der Waals surface area contributed by atoms with Crippen LogP contribution in [0.4, 0.5) is 21.0 Å². The number of amides is 5. The first-order valence-corrected chi connectivity index (χ1v) is 17.6. The molecule has 0 saturated carbocycles. The quantitative estimate of drug-likeness (QED) is 0.192. The molecule has 3 rings (SSSR count). The van der Waals surface area contributed by atoms with Crippen LogP contribution in [0.25, 0.3) is 0 Å². The first kappa shape index (κ1) is 36.9. The van der Waals surface area contributed by atoms with Crippen LogP contribution in [0.1, 0.15) is 78.2 Å². The zero-order valence-corrected chi connectivity index (χ0v) is 29.0. The van der Waals surface area contributed by atoms with E-state index in [0.717, 1.165) is 81.5 Å². The van der Waals surface area contributed by atoms with Gasteiger partial charge in [-0.3, -0.25) is 9.69 Å². The summed E-state index contributed by atoms with van der Waals surface area (Å²) in [6, 6.07) is 16.3. The molecule has 254 valence electrons. The van der Waals surface area contributed by atoms with Gasteiger partial charge in [-0.15, -0.1) is 0 Å². The summed E-state index contributed by atoms with van der Waals surface area (Å²) in [4.78, 5) is 51.8. The normalized spacial score (nSPS) is 14.8. The number of rotatable bonds is 17. The van der Waals surface area contributed by atoms with E-state index in [9.17, 15) is 14.4 Å². The summed E-state index contributed by atoms with van der Waals surface area (Å²) in [5.41, 5.74) is 2.51. The van der Waals surface area contributed by atoms with Gasteiger partial charge in [0.25, 0.3) is 0 Å². The predicted octanol–water partition coefficient (Wildman–Crippen LogP) is 6.89. The van der Waals surface area contributed by atoms with Crippen molar-refractivity contribution in [2.75, 3.05) is 63.8 Å². The highest BCUT2D eigenvalue weighted by Gasteiger charge is 2.40. The van der Waals surface area contributed by atoms with Crippen LogP contribution >= 0.6 is 0 Å². The Hall–Kier alpha value is -3.59. The number of unbranched alkanes of at least 4 members (excludes halogenated alkanes) is 4. The lowest BCUT2D eigenvalue weighted by Gasteiger charge is -2.43. The number of nitrogens with zero attached hydrogens (tertiary/aromatic N) is 5. The van der Waals surface area contributed by atoms with Crippen LogP contribution in [0, 0.1) is 6.92 Å². The smallest absolute Gasteiger partial charge is 0.329 e. The van der Waals surface area contributed by atoms with Gasteiger partial charge < -0.3 is 24.9 Å². The summed E-state index contributed by atoms with van der Waals surface area (Å²) < 4.78 is 0. The first-order valence-electron chi connectivity index (χ1n) is 17.6. The molecule has 1 heterocycles. The Morgan fingerprint density at radius 3 is 2.02 bits per heavy atom. The van der Waals surface area contributed by atoms with Gasteiger partial charge in [-0.2, -0.15) is 0 Å². The number of carbonyl (C=O) groups is 3. The first-order chi connectivity index (χ1) is 22.3. The lowest BCUT2D eigenvalue weighted by Crippen LogP contribution is -2.64. The van der Waals surface area contributed by atoms with Gasteiger partial charge in [0.15, 0.2) is 0 Å². The standard InChI is InChI=1S/C37H58N6O3/c1-6-10-15-25-40(26-16-11-7-2)36(45)41-27-28-42(34(30-41)35(44)38-23-18-24-39(8-3)9-4)37(46)43(32-20-13-12-14-21-32)33-22-17-19-31(5)29-33/h12-14,17,19-22,29,34H,6-11,15-16,18,23-28,30H2,1-5H3,(H,38,44). The zero-order chi connectivity index (χ0) is 33.3. The number of anilines is 2. The molecule has 1 fully saturated rings. The average molecular weight is 635 g/mol. The number of hydrogen-bond acceptors (Lipinski definition) is 4. The fourth-order valence-electron chi connectivity index (χ4n) is 6.03. The molecular formula is C37H58N6O3. The van der Waals surface area contributed by atoms with Crippen molar-refractivity contribution in [2.24, 2.45) is 0 Å². The summed E-state index contributed by atoms with van der Waals surface area (Å²) in [6.07, 6.45) is 7.08. The van der Waals surface area contributed by atoms with E-state index >= 15 is 0 Å². The molecule has 0 aromatic heterocycles. The molecule has 46 heavy (non-hydrogen) atoms. The Balaban J connectivity index is 1.88. The van der Waals surface area contributed by atoms with Crippen molar-refractivity contribution in [1.29, 1.82) is 0 Å². The maximum Gasteiger partial charge on any atom is 0.329 e. The maximum absolute atomic E-state index is 14.5. The fraction of sp³-hybridized carbons (Fsp3) is 0.595. The highest BCUT2D eigenvalue weighted by Crippen LogP contribution is 2.29. The van der Waals surface area contributed by atoms with E-state index in [4.69, 9.17) is 0 Å². The summed E-state index contributed by atoms with van der Waals surface area (Å²) in [6.45, 7) is 16.2. The zero-order valence-electron chi connectivity index (χ0n) is 29.0. The van der Waals surface area contributed by atoms with Gasteiger partial charge in [0.1, 0.15) is 6.04 Å². The van der Waals surface area contributed by atoms with Gasteiger partial charge >= 0.3 is 12.1 Å². The molecule has 1 atom stereocenters. The molecule has 0 radical (unpaired) electrons. The molecule has 2 aromatic carbocycles. The molecule has 0 spiro atoms. The number of piperazine rings is 1. The number of benzene rings is 2. The summed E-state index contributed by atoms with van der Waals surface area (Å²) >= 11 is 0. The number of aryl methyl sites for hydroxylation is 1. The van der Waals surface area contributed by atoms with E-state index in [1.807, 2.05) is 66.4 Å². The van der Waals surface area contributed by atoms with Crippen LogP contribution in [0.3, 0.4) is 0 Å². The number of nitrogens with one attached hydrogen (secondary N) is 1. The maximum atomic E-state index is 14.5. The van der Waals surface area contributed by atoms with Crippen molar-refractivity contribution in [1.82, 2.24) is 24.9 Å². The van der Waals surface area contributed by atoms with Crippen molar-refractivity contribution in [3.05, 3.63) is 60.2 Å². The second-order valence-corrected chi connectivity index (χ2v) is 12.3. The Bertz CT molecular complexity index is 1190. The van der Waals surface area contributed by atoms with Gasteiger partial charge in [0.2, 0.25) is 5.91 Å². The minimum absolute atomic E-state index is 0.0303. The van der Waals surface area contributed by atoms with E-state index < -0.39 is 6.04 Å². The Morgan fingerprint density at radius 2 is 1.41 bits per heavy atom. The summed E-state index contributed by atoms with van der Waals surface area (Å²) in [5.74, 6) is -0.217. The molecule has 5 amide bonds. The summed E-state index contributed by atoms with van der Waals surface area (Å²) in [7, 11) is 0. The third kappa shape index (κ3) is 10.7. The van der Waals surface area contributed by atoms with Crippen LogP contribution in [0.15, 0.2) is 54.6 Å². The average Bonchev–Trinajstić information content (AvgIpc) is 3.07. The van der Waals surface area contributed by atoms with E-state index in [-0.39, 0.29) is 31.1 Å². The third-order valence-electron chi connectivity index (χ3n) is 8.84.